The molecule has 5 nitrogen and oxygen atoms in total. The molecule has 0 saturated carbocycles. The van der Waals surface area contributed by atoms with Crippen molar-refractivity contribution in [2.45, 2.75) is 26.2 Å². The predicted molar refractivity (Wildman–Crippen MR) is 77.7 cm³/mol. The van der Waals surface area contributed by atoms with Gasteiger partial charge in [-0.25, -0.2) is 0 Å². The Kier molecular flexibility index (Phi) is 3.05. The van der Waals surface area contributed by atoms with Crippen LogP contribution in [0.15, 0.2) is 18.2 Å². The molecule has 0 bridgehead atoms. The Morgan fingerprint density at radius 3 is 2.57 bits per heavy atom. The zero-order chi connectivity index (χ0) is 15.1. The summed E-state index contributed by atoms with van der Waals surface area (Å²) in [5.41, 5.74) is 0.722. The average Bonchev–Trinajstić information content (AvgIpc) is 2.46. The Morgan fingerprint density at radius 2 is 1.86 bits per heavy atom. The molecule has 2 amide bonds. The number of aromatic hydroxyl groups is 2. The number of phenolic OH excluding ortho intramolecular Hbond substituents is 2. The summed E-state index contributed by atoms with van der Waals surface area (Å²) in [5, 5.41) is 23.7. The standard InChI is InChI=1S/C16H15NO4/c1-2-3-5-10-13(18)8-6-4-7-9-11(8)12(14(10)19)16(21)17-15(9)20/h4,6-7,18-19H,2-3,5H2,1H3,(H,17,20,21). The van der Waals surface area contributed by atoms with Crippen molar-refractivity contribution in [3.8, 4) is 11.5 Å². The van der Waals surface area contributed by atoms with Gasteiger partial charge in [-0.15, -0.1) is 0 Å². The van der Waals surface area contributed by atoms with Crippen LogP contribution in [0, 0.1) is 0 Å². The minimum atomic E-state index is -0.626. The number of hydrogen-bond acceptors (Lipinski definition) is 4. The lowest BCUT2D eigenvalue weighted by molar-refractivity contribution is 0.0843. The van der Waals surface area contributed by atoms with Crippen molar-refractivity contribution < 1.29 is 19.8 Å². The quantitative estimate of drug-likeness (QED) is 0.756. The van der Waals surface area contributed by atoms with Crippen LogP contribution in [0.1, 0.15) is 46.0 Å². The van der Waals surface area contributed by atoms with E-state index in [4.69, 9.17) is 0 Å². The summed E-state index contributed by atoms with van der Waals surface area (Å²) >= 11 is 0. The van der Waals surface area contributed by atoms with Crippen LogP contribution in [0.25, 0.3) is 10.8 Å². The molecular weight excluding hydrogens is 270 g/mol. The lowest BCUT2D eigenvalue weighted by atomic mass is 9.90. The van der Waals surface area contributed by atoms with Crippen molar-refractivity contribution in [3.05, 3.63) is 34.9 Å². The number of carbonyl (C=O) groups excluding carboxylic acids is 2. The first-order valence-electron chi connectivity index (χ1n) is 6.91. The molecule has 0 unspecified atom stereocenters. The summed E-state index contributed by atoms with van der Waals surface area (Å²) in [6.45, 7) is 2.00. The second-order valence-electron chi connectivity index (χ2n) is 5.17. The molecule has 1 aliphatic heterocycles. The van der Waals surface area contributed by atoms with Crippen molar-refractivity contribution in [2.24, 2.45) is 0 Å². The topological polar surface area (TPSA) is 86.6 Å². The average molecular weight is 285 g/mol. The van der Waals surface area contributed by atoms with Crippen molar-refractivity contribution in [2.75, 3.05) is 0 Å². The summed E-state index contributed by atoms with van der Waals surface area (Å²) in [7, 11) is 0. The third-order valence-electron chi connectivity index (χ3n) is 3.86. The fourth-order valence-electron chi connectivity index (χ4n) is 2.80. The summed E-state index contributed by atoms with van der Waals surface area (Å²) < 4.78 is 0. The van der Waals surface area contributed by atoms with E-state index < -0.39 is 11.8 Å². The van der Waals surface area contributed by atoms with Gasteiger partial charge in [0.15, 0.2) is 0 Å². The van der Waals surface area contributed by atoms with E-state index >= 15 is 0 Å². The van der Waals surface area contributed by atoms with Gasteiger partial charge < -0.3 is 10.2 Å². The lowest BCUT2D eigenvalue weighted by Crippen LogP contribution is -2.34. The zero-order valence-electron chi connectivity index (χ0n) is 11.6. The smallest absolute Gasteiger partial charge is 0.262 e. The Hall–Kier alpha value is -2.56. The minimum Gasteiger partial charge on any atom is -0.507 e. The summed E-state index contributed by atoms with van der Waals surface area (Å²) in [6.07, 6.45) is 2.16. The number of rotatable bonds is 3. The van der Waals surface area contributed by atoms with Crippen LogP contribution in [0.3, 0.4) is 0 Å². The monoisotopic (exact) mass is 285 g/mol. The van der Waals surface area contributed by atoms with Gasteiger partial charge in [-0.3, -0.25) is 14.9 Å². The van der Waals surface area contributed by atoms with E-state index in [2.05, 4.69) is 5.32 Å². The Morgan fingerprint density at radius 1 is 1.10 bits per heavy atom. The van der Waals surface area contributed by atoms with Crippen LogP contribution in [-0.4, -0.2) is 22.0 Å². The van der Waals surface area contributed by atoms with Crippen LogP contribution >= 0.6 is 0 Å². The van der Waals surface area contributed by atoms with Gasteiger partial charge >= 0.3 is 0 Å². The Labute approximate surface area is 121 Å². The van der Waals surface area contributed by atoms with E-state index in [1.54, 1.807) is 18.2 Å². The number of amides is 2. The second-order valence-corrected chi connectivity index (χ2v) is 5.17. The van der Waals surface area contributed by atoms with Crippen LogP contribution in [-0.2, 0) is 6.42 Å². The van der Waals surface area contributed by atoms with Crippen LogP contribution in [0.2, 0.25) is 0 Å². The van der Waals surface area contributed by atoms with E-state index in [1.165, 1.54) is 0 Å². The normalized spacial score (nSPS) is 13.6. The molecule has 5 heteroatoms. The maximum atomic E-state index is 12.1. The van der Waals surface area contributed by atoms with Gasteiger partial charge in [0.05, 0.1) is 5.56 Å². The molecule has 21 heavy (non-hydrogen) atoms. The van der Waals surface area contributed by atoms with E-state index in [9.17, 15) is 19.8 Å². The SMILES string of the molecule is CCCCc1c(O)c2c3c(cccc3c1O)C(=O)NC2=O. The van der Waals surface area contributed by atoms with E-state index in [0.29, 0.717) is 22.8 Å². The highest BCUT2D eigenvalue weighted by atomic mass is 16.3. The van der Waals surface area contributed by atoms with E-state index in [-0.39, 0.29) is 22.6 Å². The van der Waals surface area contributed by atoms with Gasteiger partial charge in [-0.1, -0.05) is 25.5 Å². The predicted octanol–water partition coefficient (Wildman–Crippen LogP) is 2.48. The summed E-state index contributed by atoms with van der Waals surface area (Å²) in [5.74, 6) is -1.42. The van der Waals surface area contributed by atoms with E-state index in [1.807, 2.05) is 6.92 Å². The second kappa shape index (κ2) is 4.77. The first-order valence-corrected chi connectivity index (χ1v) is 6.91. The fraction of sp³-hybridized carbons (Fsp3) is 0.250. The highest BCUT2D eigenvalue weighted by Crippen LogP contribution is 2.42. The fourth-order valence-corrected chi connectivity index (χ4v) is 2.80. The highest BCUT2D eigenvalue weighted by Gasteiger charge is 2.31. The molecule has 0 atom stereocenters. The molecule has 0 saturated heterocycles. The van der Waals surface area contributed by atoms with Gasteiger partial charge in [0.25, 0.3) is 11.8 Å². The Bertz CT molecular complexity index is 780. The number of benzene rings is 2. The zero-order valence-corrected chi connectivity index (χ0v) is 11.6. The van der Waals surface area contributed by atoms with Gasteiger partial charge in [-0.2, -0.15) is 0 Å². The molecule has 0 aromatic heterocycles. The summed E-state index contributed by atoms with van der Waals surface area (Å²) in [6, 6.07) is 4.87. The van der Waals surface area contributed by atoms with Crippen molar-refractivity contribution in [3.63, 3.8) is 0 Å². The van der Waals surface area contributed by atoms with Crippen LogP contribution in [0.5, 0.6) is 11.5 Å². The van der Waals surface area contributed by atoms with Gasteiger partial charge in [0.1, 0.15) is 11.5 Å². The number of carbonyl (C=O) groups is 2. The molecule has 1 aliphatic rings. The van der Waals surface area contributed by atoms with Crippen molar-refractivity contribution in [1.29, 1.82) is 0 Å². The third kappa shape index (κ3) is 1.85. The van der Waals surface area contributed by atoms with Gasteiger partial charge in [0.2, 0.25) is 0 Å². The molecule has 3 N–H and O–H groups in total. The van der Waals surface area contributed by atoms with E-state index in [0.717, 1.165) is 12.8 Å². The molecule has 3 rings (SSSR count). The summed E-state index contributed by atoms with van der Waals surface area (Å²) in [4.78, 5) is 23.9. The number of nitrogens with one attached hydrogen (secondary N) is 1. The van der Waals surface area contributed by atoms with Crippen LogP contribution in [0.4, 0.5) is 0 Å². The Balaban J connectivity index is 2.41. The number of unbranched alkanes of at least 4 members (excludes halogenated alkanes) is 1. The third-order valence-corrected chi connectivity index (χ3v) is 3.86. The molecule has 0 radical (unpaired) electrons. The molecular formula is C16H15NO4. The largest absolute Gasteiger partial charge is 0.507 e. The van der Waals surface area contributed by atoms with Crippen molar-refractivity contribution >= 4 is 22.6 Å². The number of phenols is 2. The number of imide groups is 1. The highest BCUT2D eigenvalue weighted by molar-refractivity contribution is 6.27. The maximum Gasteiger partial charge on any atom is 0.262 e. The molecule has 0 spiro atoms. The minimum absolute atomic E-state index is 0.0518. The molecule has 2 aromatic rings. The van der Waals surface area contributed by atoms with Crippen molar-refractivity contribution in [1.82, 2.24) is 5.32 Å². The lowest BCUT2D eigenvalue weighted by Gasteiger charge is -2.21. The molecule has 0 fully saturated rings. The number of hydrogen-bond donors (Lipinski definition) is 3. The van der Waals surface area contributed by atoms with Crippen LogP contribution < -0.4 is 5.32 Å². The van der Waals surface area contributed by atoms with Gasteiger partial charge in [-0.05, 0) is 18.9 Å². The molecule has 2 aromatic carbocycles. The first-order chi connectivity index (χ1) is 10.1. The molecule has 1 heterocycles. The first kappa shape index (κ1) is 13.4. The van der Waals surface area contributed by atoms with Gasteiger partial charge in [0, 0.05) is 21.9 Å². The molecule has 108 valence electrons. The molecule has 0 aliphatic carbocycles. The maximum absolute atomic E-state index is 12.1.